The number of sulfonamides is 1. The zero-order valence-electron chi connectivity index (χ0n) is 10.3. The minimum absolute atomic E-state index is 0.0953. The molecule has 1 fully saturated rings. The van der Waals surface area contributed by atoms with Crippen LogP contribution in [-0.2, 0) is 10.0 Å². The summed E-state index contributed by atoms with van der Waals surface area (Å²) in [5, 5.41) is 0. The van der Waals surface area contributed by atoms with E-state index in [4.69, 9.17) is 0 Å². The molecule has 96 valence electrons. The molecule has 0 N–H and O–H groups in total. The van der Waals surface area contributed by atoms with Gasteiger partial charge in [-0.05, 0) is 19.1 Å². The van der Waals surface area contributed by atoms with Crippen molar-refractivity contribution in [1.82, 2.24) is 9.21 Å². The van der Waals surface area contributed by atoms with Gasteiger partial charge in [-0.3, -0.25) is 0 Å². The first kappa shape index (κ1) is 12.6. The van der Waals surface area contributed by atoms with Crippen molar-refractivity contribution < 1.29 is 13.2 Å². The van der Waals surface area contributed by atoms with E-state index in [0.29, 0.717) is 0 Å². The van der Waals surface area contributed by atoms with Gasteiger partial charge in [0.1, 0.15) is 0 Å². The predicted molar refractivity (Wildman–Crippen MR) is 67.4 cm³/mol. The summed E-state index contributed by atoms with van der Waals surface area (Å²) in [5.74, 6) is 0. The van der Waals surface area contributed by atoms with Gasteiger partial charge in [-0.2, -0.15) is 4.31 Å². The number of rotatable bonds is 2. The molecule has 5 nitrogen and oxygen atoms in total. The molecule has 1 aliphatic rings. The Morgan fingerprint density at radius 3 is 2.22 bits per heavy atom. The van der Waals surface area contributed by atoms with E-state index in [1.807, 2.05) is 6.92 Å². The molecule has 2 amide bonds. The Labute approximate surface area is 106 Å². The van der Waals surface area contributed by atoms with Crippen molar-refractivity contribution in [1.29, 1.82) is 0 Å². The topological polar surface area (TPSA) is 57.7 Å². The first-order valence-electron chi connectivity index (χ1n) is 5.39. The van der Waals surface area contributed by atoms with Gasteiger partial charge in [-0.15, -0.1) is 0 Å². The number of likely N-dealkylation sites (N-methyl/N-ethyl adjacent to an activating group) is 1. The van der Waals surface area contributed by atoms with Crippen molar-refractivity contribution in [3.8, 4) is 0 Å². The summed E-state index contributed by atoms with van der Waals surface area (Å²) >= 11 is 0. The highest BCUT2D eigenvalue weighted by atomic mass is 32.2. The zero-order valence-corrected chi connectivity index (χ0v) is 11.1. The van der Waals surface area contributed by atoms with Gasteiger partial charge >= 0.3 is 6.03 Å². The molecule has 0 radical (unpaired) electrons. The summed E-state index contributed by atoms with van der Waals surface area (Å²) in [6, 6.07) is 5.80. The summed E-state index contributed by atoms with van der Waals surface area (Å²) in [7, 11) is -2.30. The number of carbonyl (C=O) groups is 1. The van der Waals surface area contributed by atoms with Crippen molar-refractivity contribution in [2.75, 3.05) is 13.6 Å². The van der Waals surface area contributed by atoms with Crippen LogP contribution in [0.15, 0.2) is 41.4 Å². The SMILES string of the molecule is C=C1CN(C)C(=O)N1S(=O)(=O)c1ccc(C)cc1. The number of carbonyl (C=O) groups excluding carboxylic acids is 1. The minimum Gasteiger partial charge on any atom is -0.321 e. The molecule has 1 heterocycles. The van der Waals surface area contributed by atoms with E-state index in [1.54, 1.807) is 12.1 Å². The molecular formula is C12H14N2O3S. The Kier molecular flexibility index (Phi) is 2.90. The van der Waals surface area contributed by atoms with Crippen molar-refractivity contribution in [3.05, 3.63) is 42.1 Å². The van der Waals surface area contributed by atoms with Gasteiger partial charge < -0.3 is 4.90 Å². The maximum absolute atomic E-state index is 12.3. The molecule has 0 unspecified atom stereocenters. The van der Waals surface area contributed by atoms with Gasteiger partial charge in [0, 0.05) is 7.05 Å². The Morgan fingerprint density at radius 1 is 1.22 bits per heavy atom. The van der Waals surface area contributed by atoms with E-state index in [9.17, 15) is 13.2 Å². The molecule has 1 aromatic rings. The molecule has 0 bridgehead atoms. The first-order valence-corrected chi connectivity index (χ1v) is 6.83. The lowest BCUT2D eigenvalue weighted by molar-refractivity contribution is 0.215. The van der Waals surface area contributed by atoms with E-state index in [1.165, 1.54) is 24.1 Å². The molecule has 1 saturated heterocycles. The van der Waals surface area contributed by atoms with Crippen LogP contribution in [0.1, 0.15) is 5.56 Å². The normalized spacial score (nSPS) is 16.6. The van der Waals surface area contributed by atoms with Crippen LogP contribution in [0.5, 0.6) is 0 Å². The molecule has 0 saturated carbocycles. The quantitative estimate of drug-likeness (QED) is 0.816. The van der Waals surface area contributed by atoms with Gasteiger partial charge in [0.2, 0.25) is 0 Å². The van der Waals surface area contributed by atoms with Crippen molar-refractivity contribution in [3.63, 3.8) is 0 Å². The third kappa shape index (κ3) is 1.88. The van der Waals surface area contributed by atoms with E-state index in [2.05, 4.69) is 6.58 Å². The van der Waals surface area contributed by atoms with E-state index < -0.39 is 16.1 Å². The van der Waals surface area contributed by atoms with Gasteiger partial charge in [0.05, 0.1) is 17.1 Å². The maximum Gasteiger partial charge on any atom is 0.338 e. The van der Waals surface area contributed by atoms with Crippen LogP contribution in [0.4, 0.5) is 4.79 Å². The van der Waals surface area contributed by atoms with Gasteiger partial charge in [0.25, 0.3) is 10.0 Å². The lowest BCUT2D eigenvalue weighted by atomic mass is 10.2. The number of amides is 2. The Hall–Kier alpha value is -1.82. The first-order chi connectivity index (χ1) is 8.34. The lowest BCUT2D eigenvalue weighted by Crippen LogP contribution is -2.34. The molecule has 0 aromatic heterocycles. The van der Waals surface area contributed by atoms with Crippen LogP contribution in [0.3, 0.4) is 0 Å². The Bertz CT molecular complexity index is 605. The standard InChI is InChI=1S/C12H14N2O3S/c1-9-4-6-11(7-5-9)18(16,17)14-10(2)8-13(3)12(14)15/h4-7H,2,8H2,1,3H3. The second-order valence-electron chi connectivity index (χ2n) is 4.29. The molecule has 2 rings (SSSR count). The van der Waals surface area contributed by atoms with Crippen molar-refractivity contribution >= 4 is 16.1 Å². The highest BCUT2D eigenvalue weighted by Crippen LogP contribution is 2.25. The summed E-state index contributed by atoms with van der Waals surface area (Å²) < 4.78 is 25.4. The average Bonchev–Trinajstić information content (AvgIpc) is 2.54. The number of benzene rings is 1. The van der Waals surface area contributed by atoms with Gasteiger partial charge in [-0.25, -0.2) is 13.2 Å². The fourth-order valence-corrected chi connectivity index (χ4v) is 3.22. The second kappa shape index (κ2) is 4.13. The third-order valence-electron chi connectivity index (χ3n) is 2.77. The fraction of sp³-hybridized carbons (Fsp3) is 0.250. The highest BCUT2D eigenvalue weighted by molar-refractivity contribution is 7.89. The van der Waals surface area contributed by atoms with Crippen LogP contribution in [-0.4, -0.2) is 37.2 Å². The number of nitrogens with zero attached hydrogens (tertiary/aromatic N) is 2. The average molecular weight is 266 g/mol. The second-order valence-corrected chi connectivity index (χ2v) is 6.07. The monoisotopic (exact) mass is 266 g/mol. The number of hydrogen-bond donors (Lipinski definition) is 0. The van der Waals surface area contributed by atoms with Crippen LogP contribution in [0, 0.1) is 6.92 Å². The van der Waals surface area contributed by atoms with E-state index in [-0.39, 0.29) is 17.1 Å². The molecule has 6 heteroatoms. The summed E-state index contributed by atoms with van der Waals surface area (Å²) in [6.45, 7) is 5.72. The molecule has 0 aliphatic carbocycles. The molecule has 0 spiro atoms. The maximum atomic E-state index is 12.3. The summed E-state index contributed by atoms with van der Waals surface area (Å²) in [6.07, 6.45) is 0. The fourth-order valence-electron chi connectivity index (χ4n) is 1.78. The van der Waals surface area contributed by atoms with E-state index in [0.717, 1.165) is 9.87 Å². The molecular weight excluding hydrogens is 252 g/mol. The number of aryl methyl sites for hydroxylation is 1. The smallest absolute Gasteiger partial charge is 0.321 e. The Morgan fingerprint density at radius 2 is 1.78 bits per heavy atom. The molecule has 1 aliphatic heterocycles. The Balaban J connectivity index is 2.46. The summed E-state index contributed by atoms with van der Waals surface area (Å²) in [5.41, 5.74) is 1.22. The van der Waals surface area contributed by atoms with Crippen molar-refractivity contribution in [2.24, 2.45) is 0 Å². The van der Waals surface area contributed by atoms with Crippen LogP contribution >= 0.6 is 0 Å². The van der Waals surface area contributed by atoms with Gasteiger partial charge in [-0.1, -0.05) is 24.3 Å². The molecule has 18 heavy (non-hydrogen) atoms. The van der Waals surface area contributed by atoms with Crippen LogP contribution in [0.2, 0.25) is 0 Å². The lowest BCUT2D eigenvalue weighted by Gasteiger charge is -2.16. The molecule has 1 aromatic carbocycles. The predicted octanol–water partition coefficient (Wildman–Crippen LogP) is 1.56. The van der Waals surface area contributed by atoms with Crippen LogP contribution in [0.25, 0.3) is 0 Å². The minimum atomic E-state index is -3.84. The summed E-state index contributed by atoms with van der Waals surface area (Å²) in [4.78, 5) is 13.2. The molecule has 0 atom stereocenters. The number of urea groups is 1. The zero-order chi connectivity index (χ0) is 13.5. The van der Waals surface area contributed by atoms with E-state index >= 15 is 0 Å². The van der Waals surface area contributed by atoms with Gasteiger partial charge in [0.15, 0.2) is 0 Å². The number of hydrogen-bond acceptors (Lipinski definition) is 3. The van der Waals surface area contributed by atoms with Crippen LogP contribution < -0.4 is 0 Å². The third-order valence-corrected chi connectivity index (χ3v) is 4.53. The van der Waals surface area contributed by atoms with Crippen molar-refractivity contribution in [2.45, 2.75) is 11.8 Å². The largest absolute Gasteiger partial charge is 0.338 e. The highest BCUT2D eigenvalue weighted by Gasteiger charge is 2.39.